The lowest BCUT2D eigenvalue weighted by atomic mass is 10.1. The van der Waals surface area contributed by atoms with Crippen molar-refractivity contribution in [2.45, 2.75) is 33.6 Å². The molecule has 0 saturated carbocycles. The second-order valence-corrected chi connectivity index (χ2v) is 3.69. The van der Waals surface area contributed by atoms with E-state index in [1.807, 2.05) is 0 Å². The van der Waals surface area contributed by atoms with Crippen LogP contribution in [0.2, 0.25) is 0 Å². The molecule has 0 aromatic heterocycles. The van der Waals surface area contributed by atoms with Crippen LogP contribution in [0.5, 0.6) is 0 Å². The predicted octanol–water partition coefficient (Wildman–Crippen LogP) is 1.74. The molecule has 1 N–H and O–H groups in total. The van der Waals surface area contributed by atoms with Gasteiger partial charge in [0.25, 0.3) is 0 Å². The average Bonchev–Trinajstić information content (AvgIpc) is 2.05. The Morgan fingerprint density at radius 2 is 1.92 bits per heavy atom. The summed E-state index contributed by atoms with van der Waals surface area (Å²) in [5.41, 5.74) is 0. The van der Waals surface area contributed by atoms with E-state index < -0.39 is 0 Å². The summed E-state index contributed by atoms with van der Waals surface area (Å²) in [6.07, 6.45) is 2.17. The van der Waals surface area contributed by atoms with E-state index in [4.69, 9.17) is 5.11 Å². The fraction of sp³-hybridized carbons (Fsp3) is 1.00. The zero-order valence-corrected chi connectivity index (χ0v) is 8.71. The molecule has 0 atom stereocenters. The lowest BCUT2D eigenvalue weighted by molar-refractivity contribution is 0.223. The van der Waals surface area contributed by atoms with Gasteiger partial charge in [-0.05, 0) is 31.8 Å². The second-order valence-electron chi connectivity index (χ2n) is 3.69. The van der Waals surface area contributed by atoms with Gasteiger partial charge < -0.3 is 10.0 Å². The van der Waals surface area contributed by atoms with Gasteiger partial charge in [0.15, 0.2) is 0 Å². The Morgan fingerprint density at radius 3 is 2.33 bits per heavy atom. The topological polar surface area (TPSA) is 23.5 Å². The molecule has 0 aliphatic heterocycles. The number of hydrogen-bond donors (Lipinski definition) is 1. The normalized spacial score (nSPS) is 11.5. The molecule has 0 rings (SSSR count). The highest BCUT2D eigenvalue weighted by Crippen LogP contribution is 2.02. The van der Waals surface area contributed by atoms with Crippen molar-refractivity contribution in [2.75, 3.05) is 26.2 Å². The maximum Gasteiger partial charge on any atom is 0.0443 e. The lowest BCUT2D eigenvalue weighted by Crippen LogP contribution is -2.27. The van der Waals surface area contributed by atoms with Gasteiger partial charge in [-0.1, -0.05) is 20.8 Å². The minimum atomic E-state index is 0.318. The van der Waals surface area contributed by atoms with Gasteiger partial charge in [-0.25, -0.2) is 0 Å². The minimum Gasteiger partial charge on any atom is -0.396 e. The summed E-state index contributed by atoms with van der Waals surface area (Å²) < 4.78 is 0. The molecule has 0 fully saturated rings. The number of hydrogen-bond acceptors (Lipinski definition) is 2. The molecule has 12 heavy (non-hydrogen) atoms. The van der Waals surface area contributed by atoms with Crippen LogP contribution in [-0.4, -0.2) is 36.2 Å². The Hall–Kier alpha value is -0.0800. The van der Waals surface area contributed by atoms with Crippen molar-refractivity contribution in [2.24, 2.45) is 5.92 Å². The molecule has 0 unspecified atom stereocenters. The minimum absolute atomic E-state index is 0.318. The van der Waals surface area contributed by atoms with Gasteiger partial charge in [-0.2, -0.15) is 0 Å². The first-order valence-electron chi connectivity index (χ1n) is 5.03. The van der Waals surface area contributed by atoms with Crippen molar-refractivity contribution < 1.29 is 5.11 Å². The SMILES string of the molecule is CCN(CCCO)CCC(C)C. The van der Waals surface area contributed by atoms with Crippen molar-refractivity contribution >= 4 is 0 Å². The van der Waals surface area contributed by atoms with Gasteiger partial charge in [0.2, 0.25) is 0 Å². The third kappa shape index (κ3) is 6.62. The molecular weight excluding hydrogens is 150 g/mol. The Labute approximate surface area is 76.6 Å². The van der Waals surface area contributed by atoms with E-state index in [1.165, 1.54) is 13.0 Å². The maximum absolute atomic E-state index is 8.66. The van der Waals surface area contributed by atoms with Crippen LogP contribution < -0.4 is 0 Å². The van der Waals surface area contributed by atoms with Gasteiger partial charge in [-0.15, -0.1) is 0 Å². The first kappa shape index (κ1) is 11.9. The standard InChI is InChI=1S/C10H23NO/c1-4-11(7-5-9-12)8-6-10(2)3/h10,12H,4-9H2,1-3H3. The molecular formula is C10H23NO. The first-order chi connectivity index (χ1) is 5.70. The van der Waals surface area contributed by atoms with Crippen LogP contribution in [0.4, 0.5) is 0 Å². The summed E-state index contributed by atoms with van der Waals surface area (Å²) in [5, 5.41) is 8.66. The summed E-state index contributed by atoms with van der Waals surface area (Å²) in [4.78, 5) is 2.40. The van der Waals surface area contributed by atoms with E-state index in [1.54, 1.807) is 0 Å². The van der Waals surface area contributed by atoms with E-state index in [2.05, 4.69) is 25.7 Å². The van der Waals surface area contributed by atoms with Crippen molar-refractivity contribution in [3.8, 4) is 0 Å². The van der Waals surface area contributed by atoms with Crippen LogP contribution in [-0.2, 0) is 0 Å². The van der Waals surface area contributed by atoms with Gasteiger partial charge in [0.1, 0.15) is 0 Å². The number of aliphatic hydroxyl groups excluding tert-OH is 1. The molecule has 0 spiro atoms. The number of nitrogens with zero attached hydrogens (tertiary/aromatic N) is 1. The molecule has 2 nitrogen and oxygen atoms in total. The monoisotopic (exact) mass is 173 g/mol. The Morgan fingerprint density at radius 1 is 1.25 bits per heavy atom. The maximum atomic E-state index is 8.66. The van der Waals surface area contributed by atoms with Crippen LogP contribution in [0.3, 0.4) is 0 Å². The molecule has 0 radical (unpaired) electrons. The highest BCUT2D eigenvalue weighted by molar-refractivity contribution is 4.56. The van der Waals surface area contributed by atoms with Gasteiger partial charge in [0.05, 0.1) is 0 Å². The zero-order valence-electron chi connectivity index (χ0n) is 8.71. The number of rotatable bonds is 7. The molecule has 0 aliphatic carbocycles. The smallest absolute Gasteiger partial charge is 0.0443 e. The second kappa shape index (κ2) is 7.56. The van der Waals surface area contributed by atoms with Crippen LogP contribution in [0, 0.1) is 5.92 Å². The summed E-state index contributed by atoms with van der Waals surface area (Å²) in [6.45, 7) is 10.3. The fourth-order valence-electron chi connectivity index (χ4n) is 1.16. The van der Waals surface area contributed by atoms with E-state index in [0.29, 0.717) is 6.61 Å². The van der Waals surface area contributed by atoms with Crippen LogP contribution >= 0.6 is 0 Å². The Balaban J connectivity index is 3.39. The molecule has 0 aromatic rings. The largest absolute Gasteiger partial charge is 0.396 e. The van der Waals surface area contributed by atoms with E-state index in [-0.39, 0.29) is 0 Å². The number of aliphatic hydroxyl groups is 1. The fourth-order valence-corrected chi connectivity index (χ4v) is 1.16. The third-order valence-electron chi connectivity index (χ3n) is 2.10. The molecule has 2 heteroatoms. The highest BCUT2D eigenvalue weighted by atomic mass is 16.3. The van der Waals surface area contributed by atoms with Crippen molar-refractivity contribution in [3.05, 3.63) is 0 Å². The van der Waals surface area contributed by atoms with E-state index >= 15 is 0 Å². The van der Waals surface area contributed by atoms with Crippen molar-refractivity contribution in [1.82, 2.24) is 4.90 Å². The molecule has 0 aliphatic rings. The predicted molar refractivity (Wildman–Crippen MR) is 53.3 cm³/mol. The van der Waals surface area contributed by atoms with Gasteiger partial charge >= 0.3 is 0 Å². The molecule has 0 heterocycles. The molecule has 74 valence electrons. The first-order valence-corrected chi connectivity index (χ1v) is 5.03. The third-order valence-corrected chi connectivity index (χ3v) is 2.10. The summed E-state index contributed by atoms with van der Waals surface area (Å²) in [6, 6.07) is 0. The van der Waals surface area contributed by atoms with E-state index in [0.717, 1.165) is 25.4 Å². The summed E-state index contributed by atoms with van der Waals surface area (Å²) >= 11 is 0. The van der Waals surface area contributed by atoms with Gasteiger partial charge in [-0.3, -0.25) is 0 Å². The Bertz CT molecular complexity index is 93.8. The Kier molecular flexibility index (Phi) is 7.51. The summed E-state index contributed by atoms with van der Waals surface area (Å²) in [5.74, 6) is 0.785. The quantitative estimate of drug-likeness (QED) is 0.634. The van der Waals surface area contributed by atoms with Crippen LogP contribution in [0.25, 0.3) is 0 Å². The molecule has 0 bridgehead atoms. The van der Waals surface area contributed by atoms with Crippen LogP contribution in [0.1, 0.15) is 33.6 Å². The highest BCUT2D eigenvalue weighted by Gasteiger charge is 2.02. The average molecular weight is 173 g/mol. The molecule has 0 aromatic carbocycles. The summed E-state index contributed by atoms with van der Waals surface area (Å²) in [7, 11) is 0. The molecule has 0 saturated heterocycles. The van der Waals surface area contributed by atoms with Gasteiger partial charge in [0, 0.05) is 13.2 Å². The van der Waals surface area contributed by atoms with Crippen molar-refractivity contribution in [3.63, 3.8) is 0 Å². The van der Waals surface area contributed by atoms with Crippen LogP contribution in [0.15, 0.2) is 0 Å². The molecule has 0 amide bonds. The lowest BCUT2D eigenvalue weighted by Gasteiger charge is -2.20. The van der Waals surface area contributed by atoms with E-state index in [9.17, 15) is 0 Å². The van der Waals surface area contributed by atoms with Crippen molar-refractivity contribution in [1.29, 1.82) is 0 Å². The zero-order chi connectivity index (χ0) is 9.40.